The maximum atomic E-state index is 13.3. The van der Waals surface area contributed by atoms with Crippen molar-refractivity contribution in [2.75, 3.05) is 41.7 Å². The molecule has 1 fully saturated rings. The van der Waals surface area contributed by atoms with Crippen molar-refractivity contribution in [3.63, 3.8) is 0 Å². The Balaban J connectivity index is 1.47. The monoisotopic (exact) mass is 477 g/mol. The summed E-state index contributed by atoms with van der Waals surface area (Å²) in [6.45, 7) is 3.93. The zero-order valence-electron chi connectivity index (χ0n) is 19.1. The number of benzene rings is 2. The molecule has 2 heterocycles. The molecule has 3 aromatic rings. The Kier molecular flexibility index (Phi) is 7.06. The third-order valence-electron chi connectivity index (χ3n) is 5.82. The van der Waals surface area contributed by atoms with Crippen LogP contribution in [0.4, 0.5) is 11.4 Å². The zero-order valence-corrected chi connectivity index (χ0v) is 19.9. The molecule has 1 aromatic heterocycles. The molecule has 8 heteroatoms. The van der Waals surface area contributed by atoms with Crippen molar-refractivity contribution in [3.05, 3.63) is 83.8 Å². The number of carbonyl (C=O) groups excluding carboxylic acids is 1. The van der Waals surface area contributed by atoms with Gasteiger partial charge in [-0.25, -0.2) is 8.42 Å². The normalized spacial score (nSPS) is 14.5. The number of nitrogens with zero attached hydrogens (tertiary/aromatic N) is 3. The predicted octanol–water partition coefficient (Wildman–Crippen LogP) is 3.25. The number of amides is 1. The van der Waals surface area contributed by atoms with Gasteiger partial charge in [0, 0.05) is 43.1 Å². The Labute approximate surface area is 200 Å². The van der Waals surface area contributed by atoms with Gasteiger partial charge in [0.1, 0.15) is 11.5 Å². The highest BCUT2D eigenvalue weighted by Crippen LogP contribution is 2.22. The van der Waals surface area contributed by atoms with E-state index >= 15 is 0 Å². The number of carbonyl (C=O) groups is 1. The predicted molar refractivity (Wildman–Crippen MR) is 133 cm³/mol. The quantitative estimate of drug-likeness (QED) is 0.489. The molecule has 0 bridgehead atoms. The van der Waals surface area contributed by atoms with Gasteiger partial charge in [0.25, 0.3) is 0 Å². The second-order valence-corrected chi connectivity index (χ2v) is 10.2. The Morgan fingerprint density at radius 1 is 1.06 bits per heavy atom. The molecule has 0 aliphatic carbocycles. The minimum absolute atomic E-state index is 0.108. The lowest BCUT2D eigenvalue weighted by Gasteiger charge is -2.35. The molecule has 0 spiro atoms. The lowest BCUT2D eigenvalue weighted by molar-refractivity contribution is -0.116. The fourth-order valence-electron chi connectivity index (χ4n) is 4.02. The summed E-state index contributed by atoms with van der Waals surface area (Å²) in [7, 11) is -3.80. The molecule has 0 saturated carbocycles. The van der Waals surface area contributed by atoms with Crippen molar-refractivity contribution in [1.82, 2.24) is 4.31 Å². The van der Waals surface area contributed by atoms with Crippen molar-refractivity contribution < 1.29 is 17.6 Å². The van der Waals surface area contributed by atoms with E-state index in [0.717, 1.165) is 11.3 Å². The van der Waals surface area contributed by atoms with Gasteiger partial charge in [0.2, 0.25) is 15.9 Å². The first-order chi connectivity index (χ1) is 16.4. The Morgan fingerprint density at radius 3 is 2.50 bits per heavy atom. The number of furan rings is 1. The minimum atomic E-state index is -3.80. The van der Waals surface area contributed by atoms with E-state index in [1.165, 1.54) is 15.5 Å². The maximum absolute atomic E-state index is 13.3. The molecular formula is C26H27N3O4S. The lowest BCUT2D eigenvalue weighted by Crippen LogP contribution is -2.51. The van der Waals surface area contributed by atoms with E-state index in [1.54, 1.807) is 36.4 Å². The molecule has 0 radical (unpaired) electrons. The van der Waals surface area contributed by atoms with Crippen LogP contribution >= 0.6 is 0 Å². The molecule has 1 aliphatic heterocycles. The molecule has 0 N–H and O–H groups in total. The van der Waals surface area contributed by atoms with Crippen LogP contribution in [-0.4, -0.2) is 50.6 Å². The molecule has 1 saturated heterocycles. The first-order valence-corrected chi connectivity index (χ1v) is 12.7. The second kappa shape index (κ2) is 10.2. The van der Waals surface area contributed by atoms with Gasteiger partial charge in [-0.1, -0.05) is 24.1 Å². The summed E-state index contributed by atoms with van der Waals surface area (Å²) < 4.78 is 33.1. The van der Waals surface area contributed by atoms with E-state index in [9.17, 15) is 13.2 Å². The highest BCUT2D eigenvalue weighted by atomic mass is 32.2. The Hall–Kier alpha value is -3.54. The number of rotatable bonds is 7. The van der Waals surface area contributed by atoms with Crippen LogP contribution < -0.4 is 9.80 Å². The Bertz CT molecular complexity index is 1290. The van der Waals surface area contributed by atoms with Gasteiger partial charge >= 0.3 is 0 Å². The van der Waals surface area contributed by atoms with Gasteiger partial charge in [0.05, 0.1) is 12.8 Å². The Morgan fingerprint density at radius 2 is 1.82 bits per heavy atom. The molecule has 7 nitrogen and oxygen atoms in total. The van der Waals surface area contributed by atoms with Gasteiger partial charge in [-0.3, -0.25) is 4.79 Å². The van der Waals surface area contributed by atoms with Crippen LogP contribution in [-0.2, 0) is 21.4 Å². The van der Waals surface area contributed by atoms with Crippen molar-refractivity contribution in [1.29, 1.82) is 0 Å². The molecular weight excluding hydrogens is 450 g/mol. The standard InChI is InChI=1S/C26H27N3O4S/c1-3-22-8-5-10-24(18-22)29(19-25-11-6-16-33-25)26(30)20-34(31,32)28-14-12-27(13-15-28)23-9-4-7-21(2)17-23/h1,4-11,16-18H,12-15,19-20H2,2H3. The largest absolute Gasteiger partial charge is 0.467 e. The van der Waals surface area contributed by atoms with Crippen LogP contribution in [0, 0.1) is 19.3 Å². The third-order valence-corrected chi connectivity index (χ3v) is 7.59. The summed E-state index contributed by atoms with van der Waals surface area (Å²) in [6.07, 6.45) is 7.03. The van der Waals surface area contributed by atoms with Crippen LogP contribution in [0.5, 0.6) is 0 Å². The van der Waals surface area contributed by atoms with Crippen LogP contribution in [0.15, 0.2) is 71.3 Å². The van der Waals surface area contributed by atoms with Crippen molar-refractivity contribution >= 4 is 27.3 Å². The summed E-state index contributed by atoms with van der Waals surface area (Å²) in [5.41, 5.74) is 3.36. The molecule has 0 unspecified atom stereocenters. The van der Waals surface area contributed by atoms with Gasteiger partial charge in [-0.05, 0) is 55.0 Å². The van der Waals surface area contributed by atoms with Gasteiger partial charge < -0.3 is 14.2 Å². The van der Waals surface area contributed by atoms with Gasteiger partial charge in [-0.2, -0.15) is 4.31 Å². The van der Waals surface area contributed by atoms with Crippen LogP contribution in [0.1, 0.15) is 16.9 Å². The molecule has 1 aliphatic rings. The van der Waals surface area contributed by atoms with Crippen LogP contribution in [0.25, 0.3) is 0 Å². The van der Waals surface area contributed by atoms with Gasteiger partial charge in [0.15, 0.2) is 0 Å². The first-order valence-electron chi connectivity index (χ1n) is 11.0. The summed E-state index contributed by atoms with van der Waals surface area (Å²) in [4.78, 5) is 16.8. The third kappa shape index (κ3) is 5.50. The number of hydrogen-bond acceptors (Lipinski definition) is 5. The summed E-state index contributed by atoms with van der Waals surface area (Å²) in [6, 6.07) is 18.5. The zero-order chi connectivity index (χ0) is 24.1. The number of aryl methyl sites for hydroxylation is 1. The number of hydrogen-bond donors (Lipinski definition) is 0. The molecule has 176 valence electrons. The van der Waals surface area contributed by atoms with Crippen LogP contribution in [0.3, 0.4) is 0 Å². The number of anilines is 2. The van der Waals surface area contributed by atoms with E-state index in [2.05, 4.69) is 16.9 Å². The van der Waals surface area contributed by atoms with Crippen molar-refractivity contribution in [2.45, 2.75) is 13.5 Å². The SMILES string of the molecule is C#Cc1cccc(N(Cc2ccco2)C(=O)CS(=O)(=O)N2CCN(c3cccc(C)c3)CC2)c1. The molecule has 34 heavy (non-hydrogen) atoms. The smallest absolute Gasteiger partial charge is 0.244 e. The topological polar surface area (TPSA) is 74.1 Å². The summed E-state index contributed by atoms with van der Waals surface area (Å²) in [5.74, 6) is 1.93. The van der Waals surface area contributed by atoms with Crippen molar-refractivity contribution in [3.8, 4) is 12.3 Å². The van der Waals surface area contributed by atoms with Crippen molar-refractivity contribution in [2.24, 2.45) is 0 Å². The summed E-state index contributed by atoms with van der Waals surface area (Å²) in [5, 5.41) is 0. The second-order valence-electron chi connectivity index (χ2n) is 8.24. The fraction of sp³-hybridized carbons (Fsp3) is 0.269. The lowest BCUT2D eigenvalue weighted by atomic mass is 10.2. The van der Waals surface area contributed by atoms with Gasteiger partial charge in [-0.15, -0.1) is 6.42 Å². The highest BCUT2D eigenvalue weighted by Gasteiger charge is 2.31. The first kappa shape index (κ1) is 23.6. The van der Waals surface area contributed by atoms with Crippen LogP contribution in [0.2, 0.25) is 0 Å². The van der Waals surface area contributed by atoms with E-state index in [0.29, 0.717) is 43.2 Å². The number of piperazine rings is 1. The fourth-order valence-corrected chi connectivity index (χ4v) is 5.39. The average molecular weight is 478 g/mol. The summed E-state index contributed by atoms with van der Waals surface area (Å²) >= 11 is 0. The maximum Gasteiger partial charge on any atom is 0.244 e. The van der Waals surface area contributed by atoms with E-state index in [4.69, 9.17) is 10.8 Å². The minimum Gasteiger partial charge on any atom is -0.467 e. The number of sulfonamides is 1. The van der Waals surface area contributed by atoms with E-state index < -0.39 is 21.7 Å². The molecule has 0 atom stereocenters. The molecule has 2 aromatic carbocycles. The van der Waals surface area contributed by atoms with E-state index in [1.807, 2.05) is 25.1 Å². The molecule has 4 rings (SSSR count). The number of terminal acetylenes is 1. The average Bonchev–Trinajstić information content (AvgIpc) is 3.36. The van der Waals surface area contributed by atoms with E-state index in [-0.39, 0.29) is 6.54 Å². The highest BCUT2D eigenvalue weighted by molar-refractivity contribution is 7.89. The molecule has 1 amide bonds.